The van der Waals surface area contributed by atoms with Gasteiger partial charge in [-0.05, 0) is 49.8 Å². The number of carbonyl (C=O) groups excluding carboxylic acids is 1. The van der Waals surface area contributed by atoms with E-state index in [1.807, 2.05) is 36.1 Å². The van der Waals surface area contributed by atoms with Crippen molar-refractivity contribution in [3.05, 3.63) is 34.9 Å². The Morgan fingerprint density at radius 1 is 1.23 bits per heavy atom. The molecule has 0 aromatic heterocycles. The number of piperidine rings is 1. The fraction of sp³-hybridized carbons (Fsp3) is 0.692. The number of ether oxygens (including phenoxy) is 1. The Kier molecular flexibility index (Phi) is 10.9. The topological polar surface area (TPSA) is 117 Å². The molecule has 1 saturated heterocycles. The highest BCUT2D eigenvalue weighted by atomic mass is 35.5. The number of hydrogen-bond acceptors (Lipinski definition) is 4. The van der Waals surface area contributed by atoms with E-state index < -0.39 is 6.09 Å². The maximum absolute atomic E-state index is 13.3. The predicted molar refractivity (Wildman–Crippen MR) is 138 cm³/mol. The second-order valence-corrected chi connectivity index (χ2v) is 10.5. The van der Waals surface area contributed by atoms with Crippen LogP contribution in [0.5, 0.6) is 0 Å². The molecule has 5 N–H and O–H groups in total. The molecule has 35 heavy (non-hydrogen) atoms. The van der Waals surface area contributed by atoms with E-state index in [-0.39, 0.29) is 43.3 Å². The van der Waals surface area contributed by atoms with Crippen LogP contribution >= 0.6 is 11.6 Å². The van der Waals surface area contributed by atoms with Crippen LogP contribution in [0.1, 0.15) is 70.0 Å². The van der Waals surface area contributed by atoms with Gasteiger partial charge in [-0.2, -0.15) is 0 Å². The molecular weight excluding hydrogens is 468 g/mol. The largest absolute Gasteiger partial charge is 0.465 e. The monoisotopic (exact) mass is 508 g/mol. The van der Waals surface area contributed by atoms with Gasteiger partial charge in [0.1, 0.15) is 0 Å². The average molecular weight is 509 g/mol. The minimum atomic E-state index is -1.08. The van der Waals surface area contributed by atoms with Gasteiger partial charge in [0.25, 0.3) is 0 Å². The van der Waals surface area contributed by atoms with E-state index in [1.165, 1.54) is 32.1 Å². The van der Waals surface area contributed by atoms with Crippen molar-refractivity contribution in [2.24, 2.45) is 17.6 Å². The first-order valence-corrected chi connectivity index (χ1v) is 13.4. The van der Waals surface area contributed by atoms with Crippen molar-refractivity contribution in [3.8, 4) is 0 Å². The van der Waals surface area contributed by atoms with Crippen LogP contribution < -0.4 is 16.4 Å². The zero-order valence-corrected chi connectivity index (χ0v) is 21.5. The van der Waals surface area contributed by atoms with E-state index in [4.69, 9.17) is 27.2 Å². The average Bonchev–Trinajstić information content (AvgIpc) is 2.84. The van der Waals surface area contributed by atoms with Gasteiger partial charge < -0.3 is 31.1 Å². The first kappa shape index (κ1) is 27.6. The lowest BCUT2D eigenvalue weighted by molar-refractivity contribution is -0.00855. The minimum absolute atomic E-state index is 0.0342. The number of likely N-dealkylation sites (tertiary alicyclic amines) is 1. The fourth-order valence-corrected chi connectivity index (χ4v) is 5.61. The maximum Gasteiger partial charge on any atom is 0.404 e. The SMILES string of the molecule is CC(N)C(CC1CCCCC1)NC(=O)N1CCC[C@@H]([C@@H](OCCNC(=O)O)c2cccc(Cl)c2)C1. The van der Waals surface area contributed by atoms with Crippen molar-refractivity contribution < 1.29 is 19.4 Å². The summed E-state index contributed by atoms with van der Waals surface area (Å²) in [7, 11) is 0. The number of amides is 3. The first-order valence-electron chi connectivity index (χ1n) is 13.0. The number of hydrogen-bond donors (Lipinski definition) is 4. The molecular formula is C26H41ClN4O4. The summed E-state index contributed by atoms with van der Waals surface area (Å²) in [5, 5.41) is 15.0. The van der Waals surface area contributed by atoms with Crippen molar-refractivity contribution in [1.29, 1.82) is 0 Å². The van der Waals surface area contributed by atoms with Crippen LogP contribution in [0.15, 0.2) is 24.3 Å². The smallest absolute Gasteiger partial charge is 0.404 e. The van der Waals surface area contributed by atoms with Gasteiger partial charge in [0.15, 0.2) is 0 Å². The normalized spacial score (nSPS) is 21.7. The second-order valence-electron chi connectivity index (χ2n) is 10.1. The molecule has 3 rings (SSSR count). The van der Waals surface area contributed by atoms with E-state index in [1.54, 1.807) is 0 Å². The predicted octanol–water partition coefficient (Wildman–Crippen LogP) is 4.77. The molecule has 2 unspecified atom stereocenters. The van der Waals surface area contributed by atoms with Crippen LogP contribution in [0.3, 0.4) is 0 Å². The second kappa shape index (κ2) is 13.9. The Hall–Kier alpha value is -2.03. The summed E-state index contributed by atoms with van der Waals surface area (Å²) in [6.07, 6.45) is 7.64. The molecule has 4 atom stereocenters. The van der Waals surface area contributed by atoms with Crippen molar-refractivity contribution in [1.82, 2.24) is 15.5 Å². The molecule has 1 aromatic rings. The molecule has 1 saturated carbocycles. The maximum atomic E-state index is 13.3. The number of urea groups is 1. The summed E-state index contributed by atoms with van der Waals surface area (Å²) >= 11 is 6.24. The van der Waals surface area contributed by atoms with E-state index in [9.17, 15) is 9.59 Å². The van der Waals surface area contributed by atoms with Crippen LogP contribution in [0.25, 0.3) is 0 Å². The highest BCUT2D eigenvalue weighted by molar-refractivity contribution is 6.30. The van der Waals surface area contributed by atoms with Gasteiger partial charge in [-0.25, -0.2) is 9.59 Å². The van der Waals surface area contributed by atoms with Gasteiger partial charge in [0.2, 0.25) is 0 Å². The zero-order valence-electron chi connectivity index (χ0n) is 20.8. The summed E-state index contributed by atoms with van der Waals surface area (Å²) in [5.74, 6) is 0.707. The molecule has 3 amide bonds. The number of carboxylic acid groups (broad SMARTS) is 1. The number of halogens is 1. The van der Waals surface area contributed by atoms with Crippen molar-refractivity contribution in [2.45, 2.75) is 76.5 Å². The van der Waals surface area contributed by atoms with E-state index in [0.29, 0.717) is 24.0 Å². The molecule has 0 spiro atoms. The highest BCUT2D eigenvalue weighted by Gasteiger charge is 2.33. The number of nitrogens with zero attached hydrogens (tertiary/aromatic N) is 1. The standard InChI is InChI=1S/C26H41ClN4O4/c1-18(28)23(15-19-7-3-2-4-8-19)30-25(32)31-13-6-10-21(17-31)24(35-14-12-29-26(33)34)20-9-5-11-22(27)16-20/h5,9,11,16,18-19,21,23-24,29H,2-4,6-8,10,12-15,17,28H2,1H3,(H,30,32)(H,33,34)/t18?,21-,23?,24+/m1/s1. The van der Waals surface area contributed by atoms with Crippen LogP contribution in [-0.2, 0) is 4.74 Å². The number of nitrogens with one attached hydrogen (secondary N) is 2. The molecule has 1 aliphatic carbocycles. The summed E-state index contributed by atoms with van der Waals surface area (Å²) in [6.45, 7) is 3.66. The van der Waals surface area contributed by atoms with Crippen LogP contribution in [0, 0.1) is 11.8 Å². The Morgan fingerprint density at radius 3 is 2.69 bits per heavy atom. The van der Waals surface area contributed by atoms with Gasteiger partial charge in [0, 0.05) is 42.7 Å². The Bertz CT molecular complexity index is 818. The third kappa shape index (κ3) is 8.85. The van der Waals surface area contributed by atoms with Gasteiger partial charge in [-0.1, -0.05) is 55.8 Å². The highest BCUT2D eigenvalue weighted by Crippen LogP contribution is 2.34. The first-order chi connectivity index (χ1) is 16.8. The lowest BCUT2D eigenvalue weighted by atomic mass is 9.83. The van der Waals surface area contributed by atoms with Crippen molar-refractivity contribution in [2.75, 3.05) is 26.2 Å². The molecule has 2 aliphatic rings. The number of nitrogens with two attached hydrogens (primary N) is 1. The molecule has 1 aliphatic heterocycles. The molecule has 9 heteroatoms. The van der Waals surface area contributed by atoms with E-state index >= 15 is 0 Å². The summed E-state index contributed by atoms with van der Waals surface area (Å²) < 4.78 is 6.16. The molecule has 2 fully saturated rings. The molecule has 0 bridgehead atoms. The lowest BCUT2D eigenvalue weighted by Gasteiger charge is -2.38. The van der Waals surface area contributed by atoms with Gasteiger partial charge in [-0.15, -0.1) is 0 Å². The van der Waals surface area contributed by atoms with Crippen LogP contribution in [0.2, 0.25) is 5.02 Å². The Morgan fingerprint density at radius 2 is 2.00 bits per heavy atom. The van der Waals surface area contributed by atoms with Crippen molar-refractivity contribution in [3.63, 3.8) is 0 Å². The molecule has 1 heterocycles. The van der Waals surface area contributed by atoms with Gasteiger partial charge in [0.05, 0.1) is 12.7 Å². The van der Waals surface area contributed by atoms with E-state index in [2.05, 4.69) is 10.6 Å². The molecule has 8 nitrogen and oxygen atoms in total. The van der Waals surface area contributed by atoms with Crippen LogP contribution in [-0.4, -0.2) is 60.5 Å². The third-order valence-electron chi connectivity index (χ3n) is 7.28. The summed E-state index contributed by atoms with van der Waals surface area (Å²) in [6, 6.07) is 7.34. The Labute approximate surface area is 213 Å². The number of rotatable bonds is 10. The zero-order chi connectivity index (χ0) is 25.2. The number of carbonyl (C=O) groups is 2. The minimum Gasteiger partial charge on any atom is -0.465 e. The van der Waals surface area contributed by atoms with Crippen molar-refractivity contribution >= 4 is 23.7 Å². The molecule has 196 valence electrons. The van der Waals surface area contributed by atoms with Gasteiger partial charge in [-0.3, -0.25) is 0 Å². The third-order valence-corrected chi connectivity index (χ3v) is 7.52. The van der Waals surface area contributed by atoms with E-state index in [0.717, 1.165) is 24.8 Å². The Balaban J connectivity index is 1.63. The number of benzene rings is 1. The fourth-order valence-electron chi connectivity index (χ4n) is 5.41. The summed E-state index contributed by atoms with van der Waals surface area (Å²) in [5.41, 5.74) is 7.21. The quantitative estimate of drug-likeness (QED) is 0.339. The summed E-state index contributed by atoms with van der Waals surface area (Å²) in [4.78, 5) is 25.9. The van der Waals surface area contributed by atoms with Gasteiger partial charge >= 0.3 is 12.1 Å². The van der Waals surface area contributed by atoms with Crippen LogP contribution in [0.4, 0.5) is 9.59 Å². The molecule has 0 radical (unpaired) electrons. The molecule has 1 aromatic carbocycles. The lowest BCUT2D eigenvalue weighted by Crippen LogP contribution is -2.54.